The van der Waals surface area contributed by atoms with Gasteiger partial charge in [-0.2, -0.15) is 0 Å². The van der Waals surface area contributed by atoms with Crippen LogP contribution < -0.4 is 0 Å². The van der Waals surface area contributed by atoms with E-state index in [-0.39, 0.29) is 0 Å². The highest BCUT2D eigenvalue weighted by Gasteiger charge is 2.32. The molecule has 116 valence electrons. The van der Waals surface area contributed by atoms with E-state index in [1.165, 1.54) is 4.68 Å². The molecule has 0 radical (unpaired) electrons. The molecule has 0 fully saturated rings. The summed E-state index contributed by atoms with van der Waals surface area (Å²) in [5.74, 6) is -0.954. The first-order valence-corrected chi connectivity index (χ1v) is 7.30. The lowest BCUT2D eigenvalue weighted by Crippen LogP contribution is -2.37. The number of aromatic nitrogens is 3. The third kappa shape index (κ3) is 2.73. The molecule has 23 heavy (non-hydrogen) atoms. The largest absolute Gasteiger partial charge is 0.479 e. The third-order valence-electron chi connectivity index (χ3n) is 3.89. The number of hydrogen-bond acceptors (Lipinski definition) is 3. The van der Waals surface area contributed by atoms with Gasteiger partial charge >= 0.3 is 5.97 Å². The smallest absolute Gasteiger partial charge is 0.331 e. The minimum atomic E-state index is -1.16. The van der Waals surface area contributed by atoms with Crippen LogP contribution in [0, 0.1) is 0 Å². The second kappa shape index (κ2) is 5.68. The summed E-state index contributed by atoms with van der Waals surface area (Å²) < 4.78 is 1.44. The van der Waals surface area contributed by atoms with E-state index in [9.17, 15) is 9.90 Å². The number of rotatable bonds is 4. The van der Waals surface area contributed by atoms with Crippen LogP contribution in [0.4, 0.5) is 0 Å². The number of hydrogen-bond donors (Lipinski definition) is 1. The molecule has 0 amide bonds. The number of carboxylic acids is 1. The van der Waals surface area contributed by atoms with Crippen molar-refractivity contribution < 1.29 is 9.90 Å². The predicted octanol–water partition coefficient (Wildman–Crippen LogP) is 3.43. The Morgan fingerprint density at radius 3 is 2.13 bits per heavy atom. The maximum absolute atomic E-state index is 11.5. The van der Waals surface area contributed by atoms with Crippen LogP contribution in [0.1, 0.15) is 13.8 Å². The SMILES string of the molecule is CC(C)(C(=O)O)n1nncc1-c1ccc(-c2ccccc2)cc1. The van der Waals surface area contributed by atoms with Gasteiger partial charge in [0.2, 0.25) is 0 Å². The van der Waals surface area contributed by atoms with Gasteiger partial charge in [-0.3, -0.25) is 0 Å². The molecule has 0 saturated heterocycles. The molecule has 2 aromatic carbocycles. The summed E-state index contributed by atoms with van der Waals surface area (Å²) in [5.41, 5.74) is 2.63. The molecule has 3 aromatic rings. The summed E-state index contributed by atoms with van der Waals surface area (Å²) in [5, 5.41) is 17.2. The normalized spacial score (nSPS) is 11.4. The first-order valence-electron chi connectivity index (χ1n) is 7.30. The van der Waals surface area contributed by atoms with Crippen molar-refractivity contribution >= 4 is 5.97 Å². The lowest BCUT2D eigenvalue weighted by Gasteiger charge is -2.21. The van der Waals surface area contributed by atoms with Gasteiger partial charge in [0.1, 0.15) is 0 Å². The van der Waals surface area contributed by atoms with Gasteiger partial charge < -0.3 is 5.11 Å². The number of aliphatic carboxylic acids is 1. The molecule has 0 aliphatic rings. The van der Waals surface area contributed by atoms with E-state index in [4.69, 9.17) is 0 Å². The Hall–Kier alpha value is -2.95. The number of carboxylic acid groups (broad SMARTS) is 1. The molecular weight excluding hydrogens is 290 g/mol. The standard InChI is InChI=1S/C18H17N3O2/c1-18(2,17(22)23)21-16(12-19-20-21)15-10-8-14(9-11-15)13-6-4-3-5-7-13/h3-12H,1-2H3,(H,22,23). The Kier molecular flexibility index (Phi) is 3.70. The molecule has 0 atom stereocenters. The molecule has 5 heteroatoms. The van der Waals surface area contributed by atoms with Gasteiger partial charge in [-0.05, 0) is 25.0 Å². The van der Waals surface area contributed by atoms with Gasteiger partial charge in [-0.25, -0.2) is 9.48 Å². The van der Waals surface area contributed by atoms with Crippen LogP contribution in [0.2, 0.25) is 0 Å². The first-order chi connectivity index (χ1) is 11.0. The van der Waals surface area contributed by atoms with E-state index in [0.29, 0.717) is 5.69 Å². The van der Waals surface area contributed by atoms with Crippen LogP contribution in [0.25, 0.3) is 22.4 Å². The van der Waals surface area contributed by atoms with E-state index in [1.807, 2.05) is 54.6 Å². The van der Waals surface area contributed by atoms with Gasteiger partial charge in [0, 0.05) is 5.56 Å². The highest BCUT2D eigenvalue weighted by atomic mass is 16.4. The van der Waals surface area contributed by atoms with Crippen LogP contribution in [0.15, 0.2) is 60.8 Å². The fourth-order valence-electron chi connectivity index (χ4n) is 2.40. The molecular formula is C18H17N3O2. The first kappa shape index (κ1) is 15.0. The van der Waals surface area contributed by atoms with Crippen molar-refractivity contribution in [2.45, 2.75) is 19.4 Å². The summed E-state index contributed by atoms with van der Waals surface area (Å²) in [6.07, 6.45) is 1.59. The van der Waals surface area contributed by atoms with E-state index in [1.54, 1.807) is 20.0 Å². The van der Waals surface area contributed by atoms with E-state index < -0.39 is 11.5 Å². The fraction of sp³-hybridized carbons (Fsp3) is 0.167. The Morgan fingerprint density at radius 2 is 1.52 bits per heavy atom. The van der Waals surface area contributed by atoms with Crippen LogP contribution in [-0.2, 0) is 10.3 Å². The second-order valence-electron chi connectivity index (χ2n) is 5.84. The predicted molar refractivity (Wildman–Crippen MR) is 87.9 cm³/mol. The highest BCUT2D eigenvalue weighted by Crippen LogP contribution is 2.27. The molecule has 1 aromatic heterocycles. The number of nitrogens with zero attached hydrogens (tertiary/aromatic N) is 3. The van der Waals surface area contributed by atoms with Crippen molar-refractivity contribution in [1.82, 2.24) is 15.0 Å². The lowest BCUT2D eigenvalue weighted by molar-refractivity contribution is -0.146. The minimum absolute atomic E-state index is 0.678. The topological polar surface area (TPSA) is 68.0 Å². The van der Waals surface area contributed by atoms with Crippen molar-refractivity contribution in [3.8, 4) is 22.4 Å². The summed E-state index contributed by atoms with van der Waals surface area (Å²) in [6.45, 7) is 3.21. The van der Waals surface area contributed by atoms with Crippen molar-refractivity contribution in [3.05, 3.63) is 60.8 Å². The molecule has 3 rings (SSSR count). The molecule has 0 aliphatic heterocycles. The maximum atomic E-state index is 11.5. The van der Waals surface area contributed by atoms with Gasteiger partial charge in [0.25, 0.3) is 0 Å². The molecule has 1 N–H and O–H groups in total. The highest BCUT2D eigenvalue weighted by molar-refractivity contribution is 5.77. The minimum Gasteiger partial charge on any atom is -0.479 e. The quantitative estimate of drug-likeness (QED) is 0.802. The average molecular weight is 307 g/mol. The molecule has 0 saturated carbocycles. The van der Waals surface area contributed by atoms with Crippen molar-refractivity contribution in [3.63, 3.8) is 0 Å². The summed E-state index contributed by atoms with van der Waals surface area (Å²) in [4.78, 5) is 11.5. The molecule has 5 nitrogen and oxygen atoms in total. The molecule has 0 bridgehead atoms. The van der Waals surface area contributed by atoms with Gasteiger partial charge in [0.05, 0.1) is 11.9 Å². The van der Waals surface area contributed by atoms with E-state index in [0.717, 1.165) is 16.7 Å². The monoisotopic (exact) mass is 307 g/mol. The lowest BCUT2D eigenvalue weighted by atomic mass is 10.0. The Bertz CT molecular complexity index is 821. The van der Waals surface area contributed by atoms with Crippen LogP contribution in [0.3, 0.4) is 0 Å². The third-order valence-corrected chi connectivity index (χ3v) is 3.89. The molecule has 1 heterocycles. The Morgan fingerprint density at radius 1 is 0.957 bits per heavy atom. The van der Waals surface area contributed by atoms with Gasteiger partial charge in [-0.1, -0.05) is 59.8 Å². The second-order valence-corrected chi connectivity index (χ2v) is 5.84. The van der Waals surface area contributed by atoms with Gasteiger partial charge in [-0.15, -0.1) is 5.10 Å². The summed E-state index contributed by atoms with van der Waals surface area (Å²) in [7, 11) is 0. The van der Waals surface area contributed by atoms with Gasteiger partial charge in [0.15, 0.2) is 5.54 Å². The number of carbonyl (C=O) groups is 1. The fourth-order valence-corrected chi connectivity index (χ4v) is 2.40. The van der Waals surface area contributed by atoms with E-state index >= 15 is 0 Å². The Labute approximate surface area is 134 Å². The zero-order chi connectivity index (χ0) is 16.4. The maximum Gasteiger partial charge on any atom is 0.331 e. The zero-order valence-corrected chi connectivity index (χ0v) is 13.0. The summed E-state index contributed by atoms with van der Waals surface area (Å²) >= 11 is 0. The molecule has 0 aliphatic carbocycles. The number of benzene rings is 2. The summed E-state index contributed by atoms with van der Waals surface area (Å²) in [6, 6.07) is 18.0. The van der Waals surface area contributed by atoms with Crippen molar-refractivity contribution in [1.29, 1.82) is 0 Å². The van der Waals surface area contributed by atoms with Crippen LogP contribution in [-0.4, -0.2) is 26.1 Å². The van der Waals surface area contributed by atoms with Crippen LogP contribution in [0.5, 0.6) is 0 Å². The zero-order valence-electron chi connectivity index (χ0n) is 13.0. The molecule has 0 spiro atoms. The van der Waals surface area contributed by atoms with Crippen molar-refractivity contribution in [2.24, 2.45) is 0 Å². The van der Waals surface area contributed by atoms with Crippen LogP contribution >= 0.6 is 0 Å². The van der Waals surface area contributed by atoms with E-state index in [2.05, 4.69) is 10.3 Å². The van der Waals surface area contributed by atoms with Crippen molar-refractivity contribution in [2.75, 3.05) is 0 Å². The molecule has 0 unspecified atom stereocenters. The Balaban J connectivity index is 1.99. The average Bonchev–Trinajstić information content (AvgIpc) is 3.06.